The number of carboxylic acid groups (broad SMARTS) is 1. The fraction of sp³-hybridized carbons (Fsp3) is 0.833. The van der Waals surface area contributed by atoms with Crippen molar-refractivity contribution >= 4 is 23.8 Å². The van der Waals surface area contributed by atoms with E-state index in [0.29, 0.717) is 25.3 Å². The van der Waals surface area contributed by atoms with Crippen LogP contribution in [0.4, 0.5) is 4.79 Å². The van der Waals surface area contributed by atoms with Gasteiger partial charge in [-0.05, 0) is 39.2 Å². The second-order valence-corrected chi connectivity index (χ2v) is 5.68. The van der Waals surface area contributed by atoms with Crippen molar-refractivity contribution in [3.63, 3.8) is 0 Å². The van der Waals surface area contributed by atoms with Crippen LogP contribution in [-0.2, 0) is 9.53 Å². The molecular formula is C12H24N2O4S. The van der Waals surface area contributed by atoms with E-state index in [4.69, 9.17) is 9.84 Å². The second-order valence-electron chi connectivity index (χ2n) is 4.69. The summed E-state index contributed by atoms with van der Waals surface area (Å²) in [6.07, 6.45) is 2.29. The van der Waals surface area contributed by atoms with E-state index in [9.17, 15) is 9.59 Å². The Balaban J connectivity index is 4.16. The van der Waals surface area contributed by atoms with Gasteiger partial charge in [0, 0.05) is 13.2 Å². The fourth-order valence-electron chi connectivity index (χ4n) is 1.44. The number of carbonyl (C=O) groups is 2. The van der Waals surface area contributed by atoms with Crippen molar-refractivity contribution in [2.24, 2.45) is 0 Å². The molecule has 0 aliphatic heterocycles. The molecular weight excluding hydrogens is 268 g/mol. The van der Waals surface area contributed by atoms with Crippen molar-refractivity contribution < 1.29 is 19.4 Å². The number of hydrogen-bond acceptors (Lipinski definition) is 4. The van der Waals surface area contributed by atoms with Crippen LogP contribution >= 0.6 is 11.8 Å². The van der Waals surface area contributed by atoms with Crippen molar-refractivity contribution in [1.29, 1.82) is 0 Å². The van der Waals surface area contributed by atoms with Crippen LogP contribution in [-0.4, -0.2) is 53.9 Å². The van der Waals surface area contributed by atoms with Crippen molar-refractivity contribution in [3.05, 3.63) is 0 Å². The summed E-state index contributed by atoms with van der Waals surface area (Å²) in [5.74, 6) is -0.338. The first-order valence-corrected chi connectivity index (χ1v) is 7.62. The van der Waals surface area contributed by atoms with Gasteiger partial charge in [-0.15, -0.1) is 0 Å². The minimum atomic E-state index is -1.02. The lowest BCUT2D eigenvalue weighted by Crippen LogP contribution is -2.50. The Kier molecular flexibility index (Phi) is 8.58. The third kappa shape index (κ3) is 8.72. The second kappa shape index (κ2) is 9.03. The molecule has 6 nitrogen and oxygen atoms in total. The third-order valence-corrected chi connectivity index (χ3v) is 3.07. The van der Waals surface area contributed by atoms with Crippen LogP contribution in [0.1, 0.15) is 27.2 Å². The molecule has 112 valence electrons. The molecule has 0 rings (SSSR count). The topological polar surface area (TPSA) is 87.7 Å². The van der Waals surface area contributed by atoms with E-state index in [1.54, 1.807) is 11.8 Å². The molecule has 0 radical (unpaired) electrons. The number of amides is 2. The maximum absolute atomic E-state index is 11.6. The Morgan fingerprint density at radius 1 is 1.42 bits per heavy atom. The standard InChI is InChI=1S/C12H24N2O4S/c1-5-18-12(2,3)8-13-11(17)14-9(10(15)16)6-7-19-4/h9H,5-8H2,1-4H3,(H,15,16)(H2,13,14,17). The number of carbonyl (C=O) groups excluding carboxylic acids is 1. The number of carboxylic acids is 1. The minimum Gasteiger partial charge on any atom is -0.480 e. The zero-order chi connectivity index (χ0) is 14.9. The Hall–Kier alpha value is -0.950. The van der Waals surface area contributed by atoms with Crippen molar-refractivity contribution in [1.82, 2.24) is 10.6 Å². The SMILES string of the molecule is CCOC(C)(C)CNC(=O)NC(CCSC)C(=O)O. The molecule has 3 N–H and O–H groups in total. The highest BCUT2D eigenvalue weighted by atomic mass is 32.2. The molecule has 0 saturated carbocycles. The Morgan fingerprint density at radius 2 is 2.05 bits per heavy atom. The Bertz CT molecular complexity index is 297. The van der Waals surface area contributed by atoms with E-state index in [1.807, 2.05) is 27.0 Å². The molecule has 2 amide bonds. The first-order valence-electron chi connectivity index (χ1n) is 6.22. The lowest BCUT2D eigenvalue weighted by Gasteiger charge is -2.25. The number of ether oxygens (including phenoxy) is 1. The highest BCUT2D eigenvalue weighted by molar-refractivity contribution is 7.98. The molecule has 0 aromatic carbocycles. The van der Waals surface area contributed by atoms with Crippen molar-refractivity contribution in [2.45, 2.75) is 38.8 Å². The monoisotopic (exact) mass is 292 g/mol. The number of nitrogens with one attached hydrogen (secondary N) is 2. The smallest absolute Gasteiger partial charge is 0.326 e. The molecule has 0 aromatic rings. The van der Waals surface area contributed by atoms with Gasteiger partial charge in [-0.3, -0.25) is 0 Å². The van der Waals surface area contributed by atoms with Gasteiger partial charge in [-0.2, -0.15) is 11.8 Å². The number of hydrogen-bond donors (Lipinski definition) is 3. The van der Waals surface area contributed by atoms with Gasteiger partial charge in [-0.25, -0.2) is 9.59 Å². The van der Waals surface area contributed by atoms with Crippen LogP contribution in [0.15, 0.2) is 0 Å². The number of aliphatic carboxylic acids is 1. The van der Waals surface area contributed by atoms with Gasteiger partial charge < -0.3 is 20.5 Å². The molecule has 19 heavy (non-hydrogen) atoms. The van der Waals surface area contributed by atoms with E-state index >= 15 is 0 Å². The van der Waals surface area contributed by atoms with Crippen molar-refractivity contribution in [2.75, 3.05) is 25.2 Å². The van der Waals surface area contributed by atoms with Gasteiger partial charge in [0.1, 0.15) is 6.04 Å². The van der Waals surface area contributed by atoms with E-state index in [2.05, 4.69) is 10.6 Å². The number of rotatable bonds is 9. The van der Waals surface area contributed by atoms with E-state index < -0.39 is 23.6 Å². The molecule has 0 heterocycles. The van der Waals surface area contributed by atoms with Gasteiger partial charge >= 0.3 is 12.0 Å². The van der Waals surface area contributed by atoms with Gasteiger partial charge in [0.15, 0.2) is 0 Å². The largest absolute Gasteiger partial charge is 0.480 e. The summed E-state index contributed by atoms with van der Waals surface area (Å²) >= 11 is 1.54. The average molecular weight is 292 g/mol. The average Bonchev–Trinajstić information content (AvgIpc) is 2.31. The fourth-order valence-corrected chi connectivity index (χ4v) is 1.91. The maximum Gasteiger partial charge on any atom is 0.326 e. The summed E-state index contributed by atoms with van der Waals surface area (Å²) in [7, 11) is 0. The summed E-state index contributed by atoms with van der Waals surface area (Å²) in [5.41, 5.74) is -0.468. The van der Waals surface area contributed by atoms with Gasteiger partial charge in [0.2, 0.25) is 0 Å². The maximum atomic E-state index is 11.6. The zero-order valence-electron chi connectivity index (χ0n) is 12.0. The molecule has 1 atom stereocenters. The number of urea groups is 1. The molecule has 0 aliphatic carbocycles. The lowest BCUT2D eigenvalue weighted by molar-refractivity contribution is -0.139. The predicted octanol–water partition coefficient (Wildman–Crippen LogP) is 1.31. The minimum absolute atomic E-state index is 0.321. The molecule has 7 heteroatoms. The van der Waals surface area contributed by atoms with Crippen LogP contribution in [0.3, 0.4) is 0 Å². The summed E-state index contributed by atoms with van der Waals surface area (Å²) in [5, 5.41) is 14.1. The van der Waals surface area contributed by atoms with Gasteiger partial charge in [0.25, 0.3) is 0 Å². The van der Waals surface area contributed by atoms with E-state index in [1.165, 1.54) is 0 Å². The zero-order valence-corrected chi connectivity index (χ0v) is 12.8. The molecule has 1 unspecified atom stereocenters. The Labute approximate surface area is 118 Å². The molecule has 0 aromatic heterocycles. The molecule has 0 spiro atoms. The van der Waals surface area contributed by atoms with Crippen LogP contribution in [0.5, 0.6) is 0 Å². The highest BCUT2D eigenvalue weighted by Gasteiger charge is 2.22. The summed E-state index contributed by atoms with van der Waals surface area (Å²) < 4.78 is 5.43. The summed E-state index contributed by atoms with van der Waals surface area (Å²) in [6, 6.07) is -1.34. The summed E-state index contributed by atoms with van der Waals surface area (Å²) in [6.45, 7) is 6.48. The number of thioether (sulfide) groups is 1. The first-order chi connectivity index (χ1) is 8.82. The quantitative estimate of drug-likeness (QED) is 0.596. The third-order valence-electron chi connectivity index (χ3n) is 2.42. The van der Waals surface area contributed by atoms with Crippen LogP contribution in [0.2, 0.25) is 0 Å². The first kappa shape index (κ1) is 18.0. The Morgan fingerprint density at radius 3 is 2.53 bits per heavy atom. The van der Waals surface area contributed by atoms with Crippen LogP contribution < -0.4 is 10.6 Å². The highest BCUT2D eigenvalue weighted by Crippen LogP contribution is 2.06. The molecule has 0 saturated heterocycles. The van der Waals surface area contributed by atoms with E-state index in [-0.39, 0.29) is 0 Å². The van der Waals surface area contributed by atoms with Gasteiger partial charge in [0.05, 0.1) is 5.60 Å². The molecule has 0 aliphatic rings. The van der Waals surface area contributed by atoms with Gasteiger partial charge in [-0.1, -0.05) is 0 Å². The summed E-state index contributed by atoms with van der Waals surface area (Å²) in [4.78, 5) is 22.6. The lowest BCUT2D eigenvalue weighted by atomic mass is 10.1. The normalized spacial score (nSPS) is 12.8. The van der Waals surface area contributed by atoms with Crippen LogP contribution in [0.25, 0.3) is 0 Å². The molecule has 0 bridgehead atoms. The predicted molar refractivity (Wildman–Crippen MR) is 76.7 cm³/mol. The molecule has 0 fully saturated rings. The van der Waals surface area contributed by atoms with E-state index in [0.717, 1.165) is 0 Å². The van der Waals surface area contributed by atoms with Crippen LogP contribution in [0, 0.1) is 0 Å². The van der Waals surface area contributed by atoms with Crippen molar-refractivity contribution in [3.8, 4) is 0 Å².